The molecule has 82 valence electrons. The molecule has 0 saturated carbocycles. The van der Waals surface area contributed by atoms with Crippen molar-refractivity contribution in [3.63, 3.8) is 0 Å². The molecule has 0 spiro atoms. The summed E-state index contributed by atoms with van der Waals surface area (Å²) in [5.41, 5.74) is 0. The van der Waals surface area contributed by atoms with Gasteiger partial charge in [0, 0.05) is 6.42 Å². The number of hydrogen-bond acceptors (Lipinski definition) is 6. The molecule has 1 heterocycles. The molecule has 0 aliphatic carbocycles. The summed E-state index contributed by atoms with van der Waals surface area (Å²) in [6, 6.07) is 0. The van der Waals surface area contributed by atoms with Crippen LogP contribution in [-0.4, -0.2) is 39.1 Å². The Morgan fingerprint density at radius 3 is 3.00 bits per heavy atom. The van der Waals surface area contributed by atoms with Gasteiger partial charge in [-0.1, -0.05) is 0 Å². The Bertz CT molecular complexity index is 336. The molecule has 0 atom stereocenters. The molecule has 15 heavy (non-hydrogen) atoms. The predicted molar refractivity (Wildman–Crippen MR) is 49.1 cm³/mol. The van der Waals surface area contributed by atoms with Crippen molar-refractivity contribution in [2.45, 2.75) is 26.3 Å². The van der Waals surface area contributed by atoms with Crippen molar-refractivity contribution in [2.24, 2.45) is 0 Å². The molecule has 7 nitrogen and oxygen atoms in total. The number of tetrazole rings is 1. The maximum atomic E-state index is 11.0. The van der Waals surface area contributed by atoms with Crippen molar-refractivity contribution in [2.75, 3.05) is 6.61 Å². The molecule has 0 bridgehead atoms. The second-order valence-electron chi connectivity index (χ2n) is 2.77. The van der Waals surface area contributed by atoms with Crippen molar-refractivity contribution >= 4 is 12.3 Å². The van der Waals surface area contributed by atoms with E-state index < -0.39 is 0 Å². The molecule has 1 aromatic heterocycles. The number of esters is 1. The first-order chi connectivity index (χ1) is 7.26. The molecular formula is C8H12N4O3. The zero-order valence-electron chi connectivity index (χ0n) is 8.42. The van der Waals surface area contributed by atoms with Gasteiger partial charge in [0.05, 0.1) is 13.2 Å². The lowest BCUT2D eigenvalue weighted by Gasteiger charge is -2.00. The van der Waals surface area contributed by atoms with Gasteiger partial charge in [-0.2, -0.15) is 4.80 Å². The van der Waals surface area contributed by atoms with Gasteiger partial charge in [-0.3, -0.25) is 9.59 Å². The van der Waals surface area contributed by atoms with Gasteiger partial charge in [0.2, 0.25) is 5.82 Å². The summed E-state index contributed by atoms with van der Waals surface area (Å²) in [6.45, 7) is 2.59. The number of aldehydes is 1. The second-order valence-corrected chi connectivity index (χ2v) is 2.77. The van der Waals surface area contributed by atoms with E-state index in [4.69, 9.17) is 4.74 Å². The van der Waals surface area contributed by atoms with Crippen molar-refractivity contribution in [3.05, 3.63) is 5.82 Å². The van der Waals surface area contributed by atoms with E-state index in [2.05, 4.69) is 15.4 Å². The lowest BCUT2D eigenvalue weighted by molar-refractivity contribution is -0.143. The third kappa shape index (κ3) is 3.84. The Morgan fingerprint density at radius 2 is 2.40 bits per heavy atom. The summed E-state index contributed by atoms with van der Waals surface area (Å²) in [4.78, 5) is 22.5. The number of ether oxygens (including phenoxy) is 1. The first kappa shape index (κ1) is 11.3. The summed E-state index contributed by atoms with van der Waals surface area (Å²) in [7, 11) is 0. The quantitative estimate of drug-likeness (QED) is 0.480. The molecule has 0 N–H and O–H groups in total. The van der Waals surface area contributed by atoms with Crippen LogP contribution >= 0.6 is 0 Å². The minimum atomic E-state index is -0.242. The monoisotopic (exact) mass is 212 g/mol. The van der Waals surface area contributed by atoms with E-state index in [1.165, 1.54) is 4.80 Å². The van der Waals surface area contributed by atoms with Gasteiger partial charge in [0.15, 0.2) is 6.29 Å². The fourth-order valence-corrected chi connectivity index (χ4v) is 0.996. The number of aromatic nitrogens is 4. The Labute approximate surface area is 86.4 Å². The van der Waals surface area contributed by atoms with Crippen LogP contribution in [0, 0.1) is 0 Å². The van der Waals surface area contributed by atoms with Crippen LogP contribution in [0.25, 0.3) is 0 Å². The van der Waals surface area contributed by atoms with Gasteiger partial charge < -0.3 is 4.74 Å². The van der Waals surface area contributed by atoms with E-state index in [0.29, 0.717) is 32.3 Å². The molecule has 1 rings (SSSR count). The van der Waals surface area contributed by atoms with E-state index in [1.54, 1.807) is 6.92 Å². The minimum absolute atomic E-state index is 0.0473. The van der Waals surface area contributed by atoms with Crippen molar-refractivity contribution in [3.8, 4) is 0 Å². The molecule has 0 radical (unpaired) electrons. The van der Waals surface area contributed by atoms with Gasteiger partial charge in [0.1, 0.15) is 0 Å². The van der Waals surface area contributed by atoms with Gasteiger partial charge in [-0.15, -0.1) is 10.2 Å². The van der Waals surface area contributed by atoms with Crippen molar-refractivity contribution < 1.29 is 14.3 Å². The van der Waals surface area contributed by atoms with E-state index in [1.807, 2.05) is 0 Å². The van der Waals surface area contributed by atoms with Gasteiger partial charge in [-0.05, 0) is 18.6 Å². The largest absolute Gasteiger partial charge is 0.466 e. The highest BCUT2D eigenvalue weighted by Gasteiger charge is 2.04. The normalized spacial score (nSPS) is 9.93. The predicted octanol–water partition coefficient (Wildman–Crippen LogP) is -0.171. The molecule has 0 aromatic carbocycles. The van der Waals surface area contributed by atoms with E-state index >= 15 is 0 Å². The van der Waals surface area contributed by atoms with Crippen LogP contribution in [0.3, 0.4) is 0 Å². The summed E-state index contributed by atoms with van der Waals surface area (Å²) in [5, 5.41) is 10.8. The lowest BCUT2D eigenvalue weighted by atomic mass is 10.3. The highest BCUT2D eigenvalue weighted by Crippen LogP contribution is 1.95. The van der Waals surface area contributed by atoms with Crippen LogP contribution in [0.5, 0.6) is 0 Å². The lowest BCUT2D eigenvalue weighted by Crippen LogP contribution is -2.08. The minimum Gasteiger partial charge on any atom is -0.466 e. The van der Waals surface area contributed by atoms with Crippen LogP contribution in [-0.2, 0) is 16.1 Å². The molecule has 0 fully saturated rings. The number of aryl methyl sites for hydroxylation is 1. The Balaban J connectivity index is 2.25. The van der Waals surface area contributed by atoms with Crippen LogP contribution in [0.2, 0.25) is 0 Å². The number of carbonyl (C=O) groups is 2. The number of nitrogens with zero attached hydrogens (tertiary/aromatic N) is 4. The van der Waals surface area contributed by atoms with Crippen LogP contribution in [0.15, 0.2) is 0 Å². The van der Waals surface area contributed by atoms with Gasteiger partial charge >= 0.3 is 5.97 Å². The molecular weight excluding hydrogens is 200 g/mol. The fourth-order valence-electron chi connectivity index (χ4n) is 0.996. The highest BCUT2D eigenvalue weighted by molar-refractivity contribution is 5.69. The third-order valence-electron chi connectivity index (χ3n) is 1.62. The molecule has 0 unspecified atom stereocenters. The van der Waals surface area contributed by atoms with Gasteiger partial charge in [0.25, 0.3) is 0 Å². The van der Waals surface area contributed by atoms with Crippen molar-refractivity contribution in [1.29, 1.82) is 0 Å². The smallest absolute Gasteiger partial charge is 0.305 e. The number of carbonyl (C=O) groups excluding carboxylic acids is 2. The summed E-state index contributed by atoms with van der Waals surface area (Å²) in [6.07, 6.45) is 1.40. The molecule has 0 aliphatic rings. The molecule has 0 amide bonds. The fraction of sp³-hybridized carbons (Fsp3) is 0.625. The average Bonchev–Trinajstić information content (AvgIpc) is 2.66. The Morgan fingerprint density at radius 1 is 1.60 bits per heavy atom. The van der Waals surface area contributed by atoms with Crippen LogP contribution < -0.4 is 0 Å². The zero-order chi connectivity index (χ0) is 11.1. The number of hydrogen-bond donors (Lipinski definition) is 0. The third-order valence-corrected chi connectivity index (χ3v) is 1.62. The summed E-state index contributed by atoms with van der Waals surface area (Å²) >= 11 is 0. The molecule has 7 heteroatoms. The molecule has 0 saturated heterocycles. The first-order valence-corrected chi connectivity index (χ1v) is 4.65. The molecule has 0 aliphatic heterocycles. The average molecular weight is 212 g/mol. The van der Waals surface area contributed by atoms with E-state index in [9.17, 15) is 9.59 Å². The zero-order valence-corrected chi connectivity index (χ0v) is 8.42. The maximum Gasteiger partial charge on any atom is 0.305 e. The van der Waals surface area contributed by atoms with E-state index in [-0.39, 0.29) is 11.8 Å². The summed E-state index contributed by atoms with van der Waals surface area (Å²) in [5.74, 6) is -0.195. The van der Waals surface area contributed by atoms with Gasteiger partial charge in [-0.25, -0.2) is 0 Å². The number of rotatable bonds is 6. The van der Waals surface area contributed by atoms with Crippen molar-refractivity contribution in [1.82, 2.24) is 20.2 Å². The Hall–Kier alpha value is -1.79. The topological polar surface area (TPSA) is 87.0 Å². The van der Waals surface area contributed by atoms with Crippen LogP contribution in [0.4, 0.5) is 0 Å². The highest BCUT2D eigenvalue weighted by atomic mass is 16.5. The SMILES string of the molecule is CCOC(=O)CCCn1nnc(C=O)n1. The summed E-state index contributed by atoms with van der Waals surface area (Å²) < 4.78 is 4.75. The second kappa shape index (κ2) is 5.84. The van der Waals surface area contributed by atoms with Crippen LogP contribution in [0.1, 0.15) is 30.4 Å². The first-order valence-electron chi connectivity index (χ1n) is 4.65. The maximum absolute atomic E-state index is 11.0. The standard InChI is InChI=1S/C8H12N4O3/c1-2-15-8(14)4-3-5-12-10-7(6-13)9-11-12/h6H,2-5H2,1H3. The van der Waals surface area contributed by atoms with E-state index in [0.717, 1.165) is 0 Å². The molecule has 1 aromatic rings. The Kier molecular flexibility index (Phi) is 4.39.